The summed E-state index contributed by atoms with van der Waals surface area (Å²) in [5.41, 5.74) is 1.34. The molecule has 0 spiro atoms. The van der Waals surface area contributed by atoms with Crippen molar-refractivity contribution in [2.45, 2.75) is 23.3 Å². The lowest BCUT2D eigenvalue weighted by molar-refractivity contribution is -0.387. The highest BCUT2D eigenvalue weighted by Gasteiger charge is 2.33. The third kappa shape index (κ3) is 6.99. The summed E-state index contributed by atoms with van der Waals surface area (Å²) in [6.45, 7) is 0. The Morgan fingerprint density at radius 2 is 1.32 bits per heavy atom. The van der Waals surface area contributed by atoms with Crippen molar-refractivity contribution in [1.29, 1.82) is 0 Å². The first-order valence-electron chi connectivity index (χ1n) is 12.1. The first-order valence-corrected chi connectivity index (χ1v) is 14.4. The fourth-order valence-electron chi connectivity index (χ4n) is 4.22. The summed E-state index contributed by atoms with van der Waals surface area (Å²) in [6.07, 6.45) is -0.0212. The number of amides is 2. The fourth-order valence-corrected chi connectivity index (χ4v) is 5.74. The minimum atomic E-state index is -4.66. The number of nitrogens with zero attached hydrogens (tertiary/aromatic N) is 1. The summed E-state index contributed by atoms with van der Waals surface area (Å²) in [4.78, 5) is 37.2. The molecule has 0 saturated heterocycles. The van der Waals surface area contributed by atoms with Gasteiger partial charge in [0.1, 0.15) is 6.04 Å². The van der Waals surface area contributed by atoms with Gasteiger partial charge in [-0.2, -0.15) is 0 Å². The number of halogens is 1. The van der Waals surface area contributed by atoms with Crippen LogP contribution < -0.4 is 10.0 Å². The Bertz CT molecular complexity index is 1580. The Labute approximate surface area is 239 Å². The van der Waals surface area contributed by atoms with E-state index in [-0.39, 0.29) is 6.42 Å². The number of carbonyl (C=O) groups excluding carboxylic acids is 2. The first kappa shape index (κ1) is 28.7. The van der Waals surface area contributed by atoms with Gasteiger partial charge in [-0.25, -0.2) is 13.1 Å². The van der Waals surface area contributed by atoms with Crippen LogP contribution in [0.2, 0.25) is 0 Å². The standard InChI is InChI=1S/C29H24BrN3O6S/c30-23-16-17-26(25(19-23)33(36)37)40(38,39)32-28(34)24(18-20-10-4-1-5-11-20)31-29(35)27(21-12-6-2-7-13-21)22-14-8-3-9-15-22/h1-17,19,24,27H,18H2,(H,31,35)(H,32,34). The molecule has 9 nitrogen and oxygen atoms in total. The van der Waals surface area contributed by atoms with Crippen molar-refractivity contribution in [2.75, 3.05) is 0 Å². The Hall–Kier alpha value is -4.35. The third-order valence-electron chi connectivity index (χ3n) is 6.09. The van der Waals surface area contributed by atoms with E-state index in [0.717, 1.165) is 12.1 Å². The van der Waals surface area contributed by atoms with Gasteiger partial charge in [0.15, 0.2) is 4.90 Å². The zero-order valence-electron chi connectivity index (χ0n) is 20.9. The van der Waals surface area contributed by atoms with Gasteiger partial charge in [0.2, 0.25) is 5.91 Å². The normalized spacial score (nSPS) is 11.9. The number of benzene rings is 4. The van der Waals surface area contributed by atoms with Crippen LogP contribution in [0.25, 0.3) is 0 Å². The molecule has 1 atom stereocenters. The largest absolute Gasteiger partial charge is 0.343 e. The van der Waals surface area contributed by atoms with E-state index in [9.17, 15) is 28.1 Å². The molecular formula is C29H24BrN3O6S. The predicted molar refractivity (Wildman–Crippen MR) is 153 cm³/mol. The highest BCUT2D eigenvalue weighted by atomic mass is 79.9. The van der Waals surface area contributed by atoms with Crippen molar-refractivity contribution < 1.29 is 22.9 Å². The quantitative estimate of drug-likeness (QED) is 0.194. The van der Waals surface area contributed by atoms with E-state index in [1.165, 1.54) is 6.07 Å². The van der Waals surface area contributed by atoms with Gasteiger partial charge in [-0.05, 0) is 28.8 Å². The number of hydrogen-bond acceptors (Lipinski definition) is 6. The molecule has 1 unspecified atom stereocenters. The number of sulfonamides is 1. The second-order valence-electron chi connectivity index (χ2n) is 8.84. The minimum Gasteiger partial charge on any atom is -0.343 e. The molecule has 4 rings (SSSR count). The van der Waals surface area contributed by atoms with Crippen molar-refractivity contribution in [3.8, 4) is 0 Å². The second kappa shape index (κ2) is 12.7. The van der Waals surface area contributed by atoms with Crippen molar-refractivity contribution >= 4 is 43.5 Å². The zero-order valence-corrected chi connectivity index (χ0v) is 23.3. The highest BCUT2D eigenvalue weighted by molar-refractivity contribution is 9.10. The number of nitro benzene ring substituents is 1. The average molecular weight is 622 g/mol. The van der Waals surface area contributed by atoms with E-state index in [1.807, 2.05) is 16.9 Å². The van der Waals surface area contributed by atoms with Gasteiger partial charge in [0, 0.05) is 17.0 Å². The Balaban J connectivity index is 1.67. The lowest BCUT2D eigenvalue weighted by atomic mass is 9.90. The van der Waals surface area contributed by atoms with Crippen LogP contribution in [0.15, 0.2) is 119 Å². The molecule has 0 aliphatic rings. The van der Waals surface area contributed by atoms with Gasteiger partial charge in [0.25, 0.3) is 21.6 Å². The Kier molecular flexibility index (Phi) is 9.08. The first-order chi connectivity index (χ1) is 19.2. The Morgan fingerprint density at radius 1 is 0.800 bits per heavy atom. The maximum absolute atomic E-state index is 13.7. The van der Waals surface area contributed by atoms with E-state index in [1.54, 1.807) is 78.9 Å². The smallest absolute Gasteiger partial charge is 0.291 e. The maximum atomic E-state index is 13.7. The van der Waals surface area contributed by atoms with Crippen LogP contribution in [0.5, 0.6) is 0 Å². The molecule has 0 fully saturated rings. The van der Waals surface area contributed by atoms with Gasteiger partial charge in [-0.3, -0.25) is 19.7 Å². The number of nitrogens with one attached hydrogen (secondary N) is 2. The molecule has 2 N–H and O–H groups in total. The fraction of sp³-hybridized carbons (Fsp3) is 0.103. The van der Waals surface area contributed by atoms with Crippen molar-refractivity contribution in [3.05, 3.63) is 140 Å². The third-order valence-corrected chi connectivity index (χ3v) is 7.97. The summed E-state index contributed by atoms with van der Waals surface area (Å²) in [5, 5.41) is 14.2. The number of nitro groups is 1. The molecule has 204 valence electrons. The molecule has 0 heterocycles. The van der Waals surface area contributed by atoms with Crippen molar-refractivity contribution in [2.24, 2.45) is 0 Å². The van der Waals surface area contributed by atoms with E-state index in [4.69, 9.17) is 0 Å². The zero-order chi connectivity index (χ0) is 28.7. The summed E-state index contributed by atoms with van der Waals surface area (Å²) >= 11 is 3.09. The summed E-state index contributed by atoms with van der Waals surface area (Å²) in [7, 11) is -4.66. The molecule has 0 aliphatic heterocycles. The molecule has 0 radical (unpaired) electrons. The Morgan fingerprint density at radius 3 is 1.85 bits per heavy atom. The molecule has 4 aromatic rings. The van der Waals surface area contributed by atoms with E-state index in [0.29, 0.717) is 21.2 Å². The highest BCUT2D eigenvalue weighted by Crippen LogP contribution is 2.28. The summed E-state index contributed by atoms with van der Waals surface area (Å²) in [5.74, 6) is -2.33. The number of carbonyl (C=O) groups is 2. The van der Waals surface area contributed by atoms with Gasteiger partial charge in [0.05, 0.1) is 10.8 Å². The van der Waals surface area contributed by atoms with Crippen LogP contribution in [0, 0.1) is 10.1 Å². The SMILES string of the molecule is O=C(NS(=O)(=O)c1ccc(Br)cc1[N+](=O)[O-])C(Cc1ccccc1)NC(=O)C(c1ccccc1)c1ccccc1. The molecule has 2 amide bonds. The maximum Gasteiger partial charge on any atom is 0.291 e. The van der Waals surface area contributed by atoms with Crippen LogP contribution in [0.3, 0.4) is 0 Å². The van der Waals surface area contributed by atoms with Gasteiger partial charge in [-0.1, -0.05) is 107 Å². The van der Waals surface area contributed by atoms with Crippen LogP contribution in [-0.2, 0) is 26.0 Å². The molecule has 0 bridgehead atoms. The number of rotatable bonds is 10. The van der Waals surface area contributed by atoms with Crippen molar-refractivity contribution in [1.82, 2.24) is 10.0 Å². The topological polar surface area (TPSA) is 135 Å². The summed E-state index contributed by atoms with van der Waals surface area (Å²) in [6, 6.07) is 28.8. The van der Waals surface area contributed by atoms with Crippen LogP contribution in [0.1, 0.15) is 22.6 Å². The number of hydrogen-bond donors (Lipinski definition) is 2. The molecular weight excluding hydrogens is 598 g/mol. The average Bonchev–Trinajstić information content (AvgIpc) is 2.94. The van der Waals surface area contributed by atoms with E-state index in [2.05, 4.69) is 21.2 Å². The van der Waals surface area contributed by atoms with Crippen LogP contribution in [-0.4, -0.2) is 31.2 Å². The van der Waals surface area contributed by atoms with Crippen LogP contribution in [0.4, 0.5) is 5.69 Å². The molecule has 0 aliphatic carbocycles. The lowest BCUT2D eigenvalue weighted by Crippen LogP contribution is -2.50. The summed E-state index contributed by atoms with van der Waals surface area (Å²) < 4.78 is 28.5. The molecule has 0 aromatic heterocycles. The van der Waals surface area contributed by atoms with Crippen LogP contribution >= 0.6 is 15.9 Å². The van der Waals surface area contributed by atoms with Gasteiger partial charge < -0.3 is 5.32 Å². The molecule has 4 aromatic carbocycles. The van der Waals surface area contributed by atoms with Gasteiger partial charge >= 0.3 is 0 Å². The van der Waals surface area contributed by atoms with Gasteiger partial charge in [-0.15, -0.1) is 0 Å². The molecule has 40 heavy (non-hydrogen) atoms. The predicted octanol–water partition coefficient (Wildman–Crippen LogP) is 4.72. The lowest BCUT2D eigenvalue weighted by Gasteiger charge is -2.23. The molecule has 0 saturated carbocycles. The van der Waals surface area contributed by atoms with E-state index >= 15 is 0 Å². The minimum absolute atomic E-state index is 0.0212. The molecule has 11 heteroatoms. The van der Waals surface area contributed by atoms with E-state index < -0.39 is 49.3 Å². The van der Waals surface area contributed by atoms with Crippen molar-refractivity contribution in [3.63, 3.8) is 0 Å². The second-order valence-corrected chi connectivity index (χ2v) is 11.4. The monoisotopic (exact) mass is 621 g/mol.